The van der Waals surface area contributed by atoms with Gasteiger partial charge in [0.15, 0.2) is 5.78 Å². The predicted octanol–water partition coefficient (Wildman–Crippen LogP) is 4.19. The first-order valence-corrected chi connectivity index (χ1v) is 7.42. The Bertz CT molecular complexity index is 803. The largest absolute Gasteiger partial charge is 0.364 e. The molecule has 0 radical (unpaired) electrons. The van der Waals surface area contributed by atoms with Crippen LogP contribution in [0.5, 0.6) is 0 Å². The molecule has 1 unspecified atom stereocenters. The highest BCUT2D eigenvalue weighted by Gasteiger charge is 2.36. The van der Waals surface area contributed by atoms with Gasteiger partial charge in [-0.05, 0) is 42.2 Å². The standard InChI is InChI=1S/C19H17NO/c1-4-20-12(3)15-9-5-7-13-11(2)14-8-6-10-16(20)18(14)19(21)17(13)15/h5-10,12H,2,4H2,1,3H3. The first kappa shape index (κ1) is 12.4. The molecule has 1 aliphatic heterocycles. The van der Waals surface area contributed by atoms with Crippen LogP contribution >= 0.6 is 0 Å². The van der Waals surface area contributed by atoms with Crippen LogP contribution in [0.3, 0.4) is 0 Å². The molecule has 0 saturated heterocycles. The summed E-state index contributed by atoms with van der Waals surface area (Å²) < 4.78 is 0. The van der Waals surface area contributed by atoms with Gasteiger partial charge in [-0.3, -0.25) is 4.79 Å². The number of anilines is 1. The summed E-state index contributed by atoms with van der Waals surface area (Å²) >= 11 is 0. The molecule has 0 fully saturated rings. The minimum Gasteiger partial charge on any atom is -0.364 e. The van der Waals surface area contributed by atoms with Crippen LogP contribution in [0.15, 0.2) is 43.0 Å². The number of benzene rings is 2. The van der Waals surface area contributed by atoms with Gasteiger partial charge in [0.2, 0.25) is 0 Å². The Hall–Kier alpha value is -2.35. The Labute approximate surface area is 124 Å². The van der Waals surface area contributed by atoms with Crippen LogP contribution in [0.4, 0.5) is 5.69 Å². The molecule has 0 saturated carbocycles. The van der Waals surface area contributed by atoms with Gasteiger partial charge in [0, 0.05) is 17.8 Å². The molecule has 0 aromatic heterocycles. The smallest absolute Gasteiger partial charge is 0.196 e. The van der Waals surface area contributed by atoms with Crippen molar-refractivity contribution in [3.8, 4) is 0 Å². The number of ketones is 1. The van der Waals surface area contributed by atoms with Crippen molar-refractivity contribution in [3.05, 3.63) is 70.8 Å². The van der Waals surface area contributed by atoms with Gasteiger partial charge in [-0.1, -0.05) is 36.9 Å². The van der Waals surface area contributed by atoms with Gasteiger partial charge >= 0.3 is 0 Å². The van der Waals surface area contributed by atoms with E-state index in [1.54, 1.807) is 0 Å². The van der Waals surface area contributed by atoms with Crippen LogP contribution in [0, 0.1) is 0 Å². The molecule has 2 aromatic rings. The minimum absolute atomic E-state index is 0.154. The Morgan fingerprint density at radius 3 is 2.48 bits per heavy atom. The van der Waals surface area contributed by atoms with Crippen molar-refractivity contribution in [1.82, 2.24) is 0 Å². The summed E-state index contributed by atoms with van der Waals surface area (Å²) in [4.78, 5) is 15.4. The predicted molar refractivity (Wildman–Crippen MR) is 85.9 cm³/mol. The Balaban J connectivity index is 2.20. The van der Waals surface area contributed by atoms with E-state index in [2.05, 4.69) is 37.5 Å². The third-order valence-electron chi connectivity index (χ3n) is 4.81. The number of hydrogen-bond donors (Lipinski definition) is 0. The highest BCUT2D eigenvalue weighted by atomic mass is 16.1. The highest BCUT2D eigenvalue weighted by Crippen LogP contribution is 2.46. The van der Waals surface area contributed by atoms with Gasteiger partial charge < -0.3 is 4.90 Å². The average Bonchev–Trinajstić information content (AvgIpc) is 2.60. The van der Waals surface area contributed by atoms with Gasteiger partial charge in [0.05, 0.1) is 11.6 Å². The van der Waals surface area contributed by atoms with E-state index in [9.17, 15) is 4.79 Å². The van der Waals surface area contributed by atoms with Crippen molar-refractivity contribution < 1.29 is 4.79 Å². The topological polar surface area (TPSA) is 20.3 Å². The second-order valence-electron chi connectivity index (χ2n) is 5.74. The number of rotatable bonds is 1. The van der Waals surface area contributed by atoms with E-state index in [4.69, 9.17) is 0 Å². The van der Waals surface area contributed by atoms with E-state index >= 15 is 0 Å². The third kappa shape index (κ3) is 1.40. The highest BCUT2D eigenvalue weighted by molar-refractivity contribution is 6.22. The van der Waals surface area contributed by atoms with Crippen LogP contribution in [-0.4, -0.2) is 12.3 Å². The van der Waals surface area contributed by atoms with Crippen LogP contribution in [-0.2, 0) is 0 Å². The van der Waals surface area contributed by atoms with Crippen LogP contribution in [0.1, 0.15) is 52.5 Å². The molecule has 1 aliphatic carbocycles. The van der Waals surface area contributed by atoms with E-state index in [0.29, 0.717) is 0 Å². The van der Waals surface area contributed by atoms with Crippen LogP contribution in [0.2, 0.25) is 0 Å². The second-order valence-corrected chi connectivity index (χ2v) is 5.74. The molecule has 4 rings (SSSR count). The summed E-state index contributed by atoms with van der Waals surface area (Å²) in [6.45, 7) is 9.44. The number of hydrogen-bond acceptors (Lipinski definition) is 2. The van der Waals surface area contributed by atoms with Crippen LogP contribution in [0.25, 0.3) is 5.57 Å². The summed E-state index contributed by atoms with van der Waals surface area (Å²) in [5.41, 5.74) is 6.77. The summed E-state index contributed by atoms with van der Waals surface area (Å²) in [5, 5.41) is 0. The molecule has 2 aromatic carbocycles. The van der Waals surface area contributed by atoms with E-state index in [0.717, 1.165) is 45.6 Å². The monoisotopic (exact) mass is 275 g/mol. The first-order valence-electron chi connectivity index (χ1n) is 7.42. The molecule has 0 spiro atoms. The van der Waals surface area contributed by atoms with Gasteiger partial charge in [-0.15, -0.1) is 0 Å². The van der Waals surface area contributed by atoms with Crippen molar-refractivity contribution >= 4 is 17.0 Å². The van der Waals surface area contributed by atoms with E-state index < -0.39 is 0 Å². The lowest BCUT2D eigenvalue weighted by Crippen LogP contribution is -2.26. The van der Waals surface area contributed by atoms with Gasteiger partial charge in [-0.2, -0.15) is 0 Å². The molecule has 21 heavy (non-hydrogen) atoms. The summed E-state index contributed by atoms with van der Waals surface area (Å²) in [6, 6.07) is 12.4. The quantitative estimate of drug-likeness (QED) is 0.663. The van der Waals surface area contributed by atoms with Crippen molar-refractivity contribution in [3.63, 3.8) is 0 Å². The molecule has 2 bridgehead atoms. The fourth-order valence-corrected chi connectivity index (χ4v) is 3.78. The second kappa shape index (κ2) is 4.08. The Kier molecular flexibility index (Phi) is 2.41. The molecule has 1 atom stereocenters. The zero-order valence-electron chi connectivity index (χ0n) is 12.3. The average molecular weight is 275 g/mol. The molecular weight excluding hydrogens is 258 g/mol. The third-order valence-corrected chi connectivity index (χ3v) is 4.81. The zero-order valence-corrected chi connectivity index (χ0v) is 12.3. The number of carbonyl (C=O) groups is 1. The first-order chi connectivity index (χ1) is 10.1. The fourth-order valence-electron chi connectivity index (χ4n) is 3.78. The molecule has 2 aliphatic rings. The van der Waals surface area contributed by atoms with Crippen LogP contribution < -0.4 is 4.90 Å². The summed E-state index contributed by atoms with van der Waals surface area (Å²) in [5.74, 6) is 0.154. The summed E-state index contributed by atoms with van der Waals surface area (Å²) in [7, 11) is 0. The van der Waals surface area contributed by atoms with E-state index in [1.165, 1.54) is 0 Å². The van der Waals surface area contributed by atoms with E-state index in [1.807, 2.05) is 24.3 Å². The SMILES string of the molecule is C=C1c2cccc3c2C(=O)c2c1cccc2N(CC)C3C. The van der Waals surface area contributed by atoms with E-state index in [-0.39, 0.29) is 11.8 Å². The molecule has 0 amide bonds. The minimum atomic E-state index is 0.154. The molecule has 0 N–H and O–H groups in total. The maximum absolute atomic E-state index is 13.1. The van der Waals surface area contributed by atoms with Gasteiger partial charge in [0.1, 0.15) is 0 Å². The fraction of sp³-hybridized carbons (Fsp3) is 0.211. The van der Waals surface area contributed by atoms with Crippen molar-refractivity contribution in [2.45, 2.75) is 19.9 Å². The zero-order chi connectivity index (χ0) is 14.7. The number of carbonyl (C=O) groups excluding carboxylic acids is 1. The maximum atomic E-state index is 13.1. The Morgan fingerprint density at radius 1 is 1.10 bits per heavy atom. The maximum Gasteiger partial charge on any atom is 0.196 e. The molecular formula is C19H17NO. The van der Waals surface area contributed by atoms with Crippen molar-refractivity contribution in [1.29, 1.82) is 0 Å². The molecule has 104 valence electrons. The molecule has 2 heteroatoms. The number of nitrogens with zero attached hydrogens (tertiary/aromatic N) is 1. The summed E-state index contributed by atoms with van der Waals surface area (Å²) in [6.07, 6.45) is 0. The van der Waals surface area contributed by atoms with Crippen molar-refractivity contribution in [2.24, 2.45) is 0 Å². The normalized spacial score (nSPS) is 18.8. The lowest BCUT2D eigenvalue weighted by Gasteiger charge is -2.30. The lowest BCUT2D eigenvalue weighted by molar-refractivity contribution is 0.103. The van der Waals surface area contributed by atoms with Gasteiger partial charge in [-0.25, -0.2) is 0 Å². The molecule has 2 nitrogen and oxygen atoms in total. The molecule has 1 heterocycles. The lowest BCUT2D eigenvalue weighted by atomic mass is 9.80. The Morgan fingerprint density at radius 2 is 1.76 bits per heavy atom. The van der Waals surface area contributed by atoms with Gasteiger partial charge in [0.25, 0.3) is 0 Å². The van der Waals surface area contributed by atoms with Crippen molar-refractivity contribution in [2.75, 3.05) is 11.4 Å².